The van der Waals surface area contributed by atoms with Gasteiger partial charge in [-0.1, -0.05) is 41.9 Å². The molecule has 126 valence electrons. The average Bonchev–Trinajstić information content (AvgIpc) is 2.64. The first kappa shape index (κ1) is 16.9. The first-order chi connectivity index (χ1) is 12.1. The summed E-state index contributed by atoms with van der Waals surface area (Å²) >= 11 is 5.83. The number of rotatable bonds is 5. The van der Waals surface area contributed by atoms with Crippen molar-refractivity contribution >= 4 is 29.1 Å². The van der Waals surface area contributed by atoms with Crippen molar-refractivity contribution in [3.63, 3.8) is 0 Å². The number of carbonyl (C=O) groups excluding carboxylic acids is 1. The normalized spacial score (nSPS) is 10.3. The fourth-order valence-electron chi connectivity index (χ4n) is 2.30. The molecule has 1 heterocycles. The molecule has 0 atom stereocenters. The number of halogens is 1. The summed E-state index contributed by atoms with van der Waals surface area (Å²) in [5.74, 6) is 0.298. The van der Waals surface area contributed by atoms with Crippen LogP contribution in [-0.2, 0) is 6.54 Å². The Balaban J connectivity index is 1.65. The molecule has 3 aromatic rings. The third-order valence-electron chi connectivity index (χ3n) is 3.61. The lowest BCUT2D eigenvalue weighted by atomic mass is 10.2. The van der Waals surface area contributed by atoms with Crippen molar-refractivity contribution in [3.05, 3.63) is 83.1 Å². The van der Waals surface area contributed by atoms with Crippen LogP contribution >= 0.6 is 11.6 Å². The molecule has 25 heavy (non-hydrogen) atoms. The van der Waals surface area contributed by atoms with E-state index in [-0.39, 0.29) is 5.91 Å². The quantitative estimate of drug-likeness (QED) is 0.753. The Hall–Kier alpha value is -2.92. The van der Waals surface area contributed by atoms with Gasteiger partial charge in [0.05, 0.1) is 5.56 Å². The van der Waals surface area contributed by atoms with E-state index in [1.807, 2.05) is 42.3 Å². The molecule has 3 rings (SSSR count). The summed E-state index contributed by atoms with van der Waals surface area (Å²) in [5, 5.41) is 3.40. The lowest BCUT2D eigenvalue weighted by Gasteiger charge is -2.17. The molecule has 0 aliphatic rings. The van der Waals surface area contributed by atoms with Crippen LogP contribution in [-0.4, -0.2) is 22.9 Å². The number of benzene rings is 2. The Bertz CT molecular complexity index is 836. The Labute approximate surface area is 151 Å². The van der Waals surface area contributed by atoms with Crippen molar-refractivity contribution in [1.82, 2.24) is 9.97 Å². The van der Waals surface area contributed by atoms with Crippen molar-refractivity contribution in [3.8, 4) is 0 Å². The Kier molecular flexibility index (Phi) is 5.26. The van der Waals surface area contributed by atoms with E-state index in [1.54, 1.807) is 24.3 Å². The third kappa shape index (κ3) is 4.55. The topological polar surface area (TPSA) is 58.1 Å². The number of hydrogen-bond acceptors (Lipinski definition) is 4. The Morgan fingerprint density at radius 2 is 1.68 bits per heavy atom. The van der Waals surface area contributed by atoms with Gasteiger partial charge in [0, 0.05) is 36.7 Å². The van der Waals surface area contributed by atoms with Crippen LogP contribution in [0.25, 0.3) is 0 Å². The number of nitrogens with zero attached hydrogens (tertiary/aromatic N) is 3. The highest BCUT2D eigenvalue weighted by atomic mass is 35.5. The average molecular weight is 353 g/mol. The van der Waals surface area contributed by atoms with Crippen LogP contribution in [0.15, 0.2) is 67.0 Å². The summed E-state index contributed by atoms with van der Waals surface area (Å²) in [4.78, 5) is 22.7. The maximum absolute atomic E-state index is 12.2. The molecule has 0 aliphatic heterocycles. The van der Waals surface area contributed by atoms with Crippen LogP contribution < -0.4 is 10.2 Å². The molecule has 5 nitrogen and oxygen atoms in total. The molecule has 0 spiro atoms. The number of amides is 1. The summed E-state index contributed by atoms with van der Waals surface area (Å²) in [6, 6.07) is 17.0. The van der Waals surface area contributed by atoms with E-state index in [0.29, 0.717) is 28.8 Å². The molecule has 6 heteroatoms. The highest BCUT2D eigenvalue weighted by Gasteiger charge is 2.10. The SMILES string of the molecule is CN(Cc1ccccc1)c1ncc(C(=O)Nc2ccc(Cl)cc2)cn1. The highest BCUT2D eigenvalue weighted by molar-refractivity contribution is 6.30. The monoisotopic (exact) mass is 352 g/mol. The maximum Gasteiger partial charge on any atom is 0.258 e. The Morgan fingerprint density at radius 3 is 2.32 bits per heavy atom. The summed E-state index contributed by atoms with van der Waals surface area (Å²) in [7, 11) is 1.91. The van der Waals surface area contributed by atoms with Crippen LogP contribution in [0.2, 0.25) is 5.02 Å². The lowest BCUT2D eigenvalue weighted by Crippen LogP contribution is -2.20. The summed E-state index contributed by atoms with van der Waals surface area (Å²) in [6.45, 7) is 0.692. The first-order valence-electron chi connectivity index (χ1n) is 7.76. The van der Waals surface area contributed by atoms with Crippen LogP contribution in [0.1, 0.15) is 15.9 Å². The van der Waals surface area contributed by atoms with Crippen molar-refractivity contribution < 1.29 is 4.79 Å². The number of hydrogen-bond donors (Lipinski definition) is 1. The third-order valence-corrected chi connectivity index (χ3v) is 3.86. The van der Waals surface area contributed by atoms with Crippen molar-refractivity contribution in [2.75, 3.05) is 17.3 Å². The van der Waals surface area contributed by atoms with Gasteiger partial charge in [-0.2, -0.15) is 0 Å². The zero-order valence-electron chi connectivity index (χ0n) is 13.7. The van der Waals surface area contributed by atoms with Gasteiger partial charge in [-0.3, -0.25) is 4.79 Å². The summed E-state index contributed by atoms with van der Waals surface area (Å²) < 4.78 is 0. The molecule has 0 bridgehead atoms. The van der Waals surface area contributed by atoms with E-state index < -0.39 is 0 Å². The second kappa shape index (κ2) is 7.77. The van der Waals surface area contributed by atoms with E-state index in [4.69, 9.17) is 11.6 Å². The van der Waals surface area contributed by atoms with Gasteiger partial charge in [0.15, 0.2) is 0 Å². The lowest BCUT2D eigenvalue weighted by molar-refractivity contribution is 0.102. The second-order valence-electron chi connectivity index (χ2n) is 5.57. The van der Waals surface area contributed by atoms with E-state index in [0.717, 1.165) is 5.56 Å². The summed E-state index contributed by atoms with van der Waals surface area (Å²) in [6.07, 6.45) is 3.05. The Morgan fingerprint density at radius 1 is 1.04 bits per heavy atom. The van der Waals surface area contributed by atoms with E-state index >= 15 is 0 Å². The number of aromatic nitrogens is 2. The zero-order valence-corrected chi connectivity index (χ0v) is 14.4. The molecule has 0 radical (unpaired) electrons. The summed E-state index contributed by atoms with van der Waals surface area (Å²) in [5.41, 5.74) is 2.23. The molecule has 2 aromatic carbocycles. The standard InChI is InChI=1S/C19H17ClN4O/c1-24(13-14-5-3-2-4-6-14)19-21-11-15(12-22-19)18(25)23-17-9-7-16(20)8-10-17/h2-12H,13H2,1H3,(H,23,25). The van der Waals surface area contributed by atoms with Gasteiger partial charge in [0.25, 0.3) is 5.91 Å². The van der Waals surface area contributed by atoms with Gasteiger partial charge in [0.1, 0.15) is 0 Å². The van der Waals surface area contributed by atoms with E-state index in [1.165, 1.54) is 12.4 Å². The van der Waals surface area contributed by atoms with Gasteiger partial charge >= 0.3 is 0 Å². The first-order valence-corrected chi connectivity index (χ1v) is 8.13. The van der Waals surface area contributed by atoms with Crippen LogP contribution in [0, 0.1) is 0 Å². The molecule has 0 saturated carbocycles. The number of nitrogens with one attached hydrogen (secondary N) is 1. The van der Waals surface area contributed by atoms with Crippen molar-refractivity contribution in [2.45, 2.75) is 6.54 Å². The van der Waals surface area contributed by atoms with Crippen LogP contribution in [0.5, 0.6) is 0 Å². The van der Waals surface area contributed by atoms with Crippen molar-refractivity contribution in [1.29, 1.82) is 0 Å². The van der Waals surface area contributed by atoms with Crippen LogP contribution in [0.3, 0.4) is 0 Å². The molecule has 1 aromatic heterocycles. The predicted molar refractivity (Wildman–Crippen MR) is 100.0 cm³/mol. The molecule has 1 N–H and O–H groups in total. The number of carbonyl (C=O) groups is 1. The molecule has 0 unspecified atom stereocenters. The molecular formula is C19H17ClN4O. The smallest absolute Gasteiger partial charge is 0.258 e. The molecule has 0 fully saturated rings. The molecule has 0 saturated heterocycles. The highest BCUT2D eigenvalue weighted by Crippen LogP contribution is 2.15. The van der Waals surface area contributed by atoms with E-state index in [2.05, 4.69) is 15.3 Å². The zero-order chi connectivity index (χ0) is 17.6. The van der Waals surface area contributed by atoms with Gasteiger partial charge in [-0.15, -0.1) is 0 Å². The molecule has 1 amide bonds. The second-order valence-corrected chi connectivity index (χ2v) is 6.01. The van der Waals surface area contributed by atoms with Gasteiger partial charge < -0.3 is 10.2 Å². The largest absolute Gasteiger partial charge is 0.340 e. The maximum atomic E-state index is 12.2. The van der Waals surface area contributed by atoms with Gasteiger partial charge in [0.2, 0.25) is 5.95 Å². The molecule has 0 aliphatic carbocycles. The fourth-order valence-corrected chi connectivity index (χ4v) is 2.43. The minimum atomic E-state index is -0.264. The fraction of sp³-hybridized carbons (Fsp3) is 0.105. The molecular weight excluding hydrogens is 336 g/mol. The van der Waals surface area contributed by atoms with Gasteiger partial charge in [-0.05, 0) is 29.8 Å². The number of anilines is 2. The van der Waals surface area contributed by atoms with Crippen LogP contribution in [0.4, 0.5) is 11.6 Å². The minimum absolute atomic E-state index is 0.264. The van der Waals surface area contributed by atoms with Gasteiger partial charge in [-0.25, -0.2) is 9.97 Å². The predicted octanol–water partition coefficient (Wildman–Crippen LogP) is 4.02. The minimum Gasteiger partial charge on any atom is -0.340 e. The van der Waals surface area contributed by atoms with Crippen molar-refractivity contribution in [2.24, 2.45) is 0 Å². The van der Waals surface area contributed by atoms with E-state index in [9.17, 15) is 4.79 Å².